The summed E-state index contributed by atoms with van der Waals surface area (Å²) in [6.07, 6.45) is 5.01. The van der Waals surface area contributed by atoms with Crippen LogP contribution in [-0.2, 0) is 0 Å². The lowest BCUT2D eigenvalue weighted by atomic mass is 9.89. The third-order valence-corrected chi connectivity index (χ3v) is 4.88. The number of hydrogen-bond acceptors (Lipinski definition) is 2. The highest BCUT2D eigenvalue weighted by molar-refractivity contribution is 5.26. The zero-order valence-corrected chi connectivity index (χ0v) is 13.3. The van der Waals surface area contributed by atoms with Gasteiger partial charge in [0.25, 0.3) is 0 Å². The minimum absolute atomic E-state index is 0.231. The average molecular weight is 274 g/mol. The van der Waals surface area contributed by atoms with Gasteiger partial charge in [-0.3, -0.25) is 4.90 Å². The second kappa shape index (κ2) is 7.24. The van der Waals surface area contributed by atoms with Crippen molar-refractivity contribution >= 4 is 0 Å². The van der Waals surface area contributed by atoms with Crippen LogP contribution in [0.25, 0.3) is 0 Å². The quantitative estimate of drug-likeness (QED) is 0.882. The summed E-state index contributed by atoms with van der Waals surface area (Å²) in [6.45, 7) is 9.08. The van der Waals surface area contributed by atoms with Crippen LogP contribution in [0.4, 0.5) is 0 Å². The van der Waals surface area contributed by atoms with E-state index in [4.69, 9.17) is 5.73 Å². The summed E-state index contributed by atoms with van der Waals surface area (Å²) in [5.74, 6) is 0.919. The van der Waals surface area contributed by atoms with Gasteiger partial charge in [-0.1, -0.05) is 50.1 Å². The van der Waals surface area contributed by atoms with Crippen LogP contribution in [0.3, 0.4) is 0 Å². The highest BCUT2D eigenvalue weighted by Gasteiger charge is 2.29. The molecule has 2 N–H and O–H groups in total. The maximum absolute atomic E-state index is 6.46. The van der Waals surface area contributed by atoms with E-state index < -0.39 is 0 Å². The van der Waals surface area contributed by atoms with Crippen LogP contribution in [0.15, 0.2) is 24.3 Å². The molecular weight excluding hydrogens is 244 g/mol. The largest absolute Gasteiger partial charge is 0.326 e. The fourth-order valence-corrected chi connectivity index (χ4v) is 3.45. The van der Waals surface area contributed by atoms with E-state index in [1.165, 1.54) is 43.5 Å². The molecule has 112 valence electrons. The first-order valence-corrected chi connectivity index (χ1v) is 8.21. The van der Waals surface area contributed by atoms with Gasteiger partial charge in [-0.05, 0) is 50.8 Å². The van der Waals surface area contributed by atoms with Gasteiger partial charge in [-0.2, -0.15) is 0 Å². The van der Waals surface area contributed by atoms with Crippen molar-refractivity contribution in [3.63, 3.8) is 0 Å². The number of hydrogen-bond donors (Lipinski definition) is 1. The zero-order chi connectivity index (χ0) is 14.5. The normalized spacial score (nSPS) is 20.8. The third-order valence-electron chi connectivity index (χ3n) is 4.88. The molecular formula is C18H30N2. The van der Waals surface area contributed by atoms with Gasteiger partial charge in [0.05, 0.1) is 0 Å². The molecule has 0 radical (unpaired) electrons. The van der Waals surface area contributed by atoms with Gasteiger partial charge >= 0.3 is 0 Å². The Labute approximate surface area is 124 Å². The lowest BCUT2D eigenvalue weighted by Crippen LogP contribution is -2.44. The predicted molar refractivity (Wildman–Crippen MR) is 86.8 cm³/mol. The number of benzene rings is 1. The Balaban J connectivity index is 2.16. The van der Waals surface area contributed by atoms with E-state index in [1.54, 1.807) is 0 Å². The predicted octanol–water partition coefficient (Wildman–Crippen LogP) is 3.90. The van der Waals surface area contributed by atoms with Crippen molar-refractivity contribution in [1.29, 1.82) is 0 Å². The highest BCUT2D eigenvalue weighted by atomic mass is 15.2. The lowest BCUT2D eigenvalue weighted by molar-refractivity contribution is 0.113. The van der Waals surface area contributed by atoms with E-state index in [-0.39, 0.29) is 6.04 Å². The maximum Gasteiger partial charge on any atom is 0.0499 e. The molecule has 1 aliphatic rings. The number of piperidine rings is 1. The maximum atomic E-state index is 6.46. The van der Waals surface area contributed by atoms with Crippen molar-refractivity contribution < 1.29 is 0 Å². The third kappa shape index (κ3) is 3.62. The first kappa shape index (κ1) is 15.5. The second-order valence-electron chi connectivity index (χ2n) is 6.32. The molecule has 0 amide bonds. The zero-order valence-electron chi connectivity index (χ0n) is 13.3. The number of nitrogens with zero attached hydrogens (tertiary/aromatic N) is 1. The molecule has 1 heterocycles. The molecule has 2 heteroatoms. The first-order valence-electron chi connectivity index (χ1n) is 8.21. The van der Waals surface area contributed by atoms with Gasteiger partial charge < -0.3 is 5.73 Å². The molecule has 20 heavy (non-hydrogen) atoms. The van der Waals surface area contributed by atoms with Gasteiger partial charge in [-0.15, -0.1) is 0 Å². The fraction of sp³-hybridized carbons (Fsp3) is 0.667. The summed E-state index contributed by atoms with van der Waals surface area (Å²) in [5, 5.41) is 0. The van der Waals surface area contributed by atoms with Crippen LogP contribution in [0, 0.1) is 12.8 Å². The van der Waals surface area contributed by atoms with Gasteiger partial charge in [0.15, 0.2) is 0 Å². The van der Waals surface area contributed by atoms with Crippen molar-refractivity contribution in [2.24, 2.45) is 11.7 Å². The second-order valence-corrected chi connectivity index (χ2v) is 6.32. The molecule has 0 saturated carbocycles. The Morgan fingerprint density at radius 3 is 2.50 bits per heavy atom. The van der Waals surface area contributed by atoms with Gasteiger partial charge in [0, 0.05) is 12.1 Å². The molecule has 2 atom stereocenters. The standard InChI is InChI=1S/C18H30N2/c1-4-15-9-11-20(12-10-15)18(17(19)5-2)16-8-6-7-14(3)13-16/h6-8,13,15,17-18H,4-5,9-12,19H2,1-3H3. The first-order chi connectivity index (χ1) is 9.65. The van der Waals surface area contributed by atoms with Gasteiger partial charge in [0.2, 0.25) is 0 Å². The molecule has 1 aliphatic heterocycles. The minimum atomic E-state index is 0.231. The molecule has 0 aromatic heterocycles. The van der Waals surface area contributed by atoms with Crippen molar-refractivity contribution in [3.8, 4) is 0 Å². The molecule has 1 fully saturated rings. The van der Waals surface area contributed by atoms with Crippen LogP contribution in [-0.4, -0.2) is 24.0 Å². The molecule has 1 saturated heterocycles. The summed E-state index contributed by atoms with van der Waals surface area (Å²) in [7, 11) is 0. The highest BCUT2D eigenvalue weighted by Crippen LogP contribution is 2.31. The number of nitrogens with two attached hydrogens (primary N) is 1. The molecule has 0 aliphatic carbocycles. The van der Waals surface area contributed by atoms with Crippen LogP contribution < -0.4 is 5.73 Å². The Bertz CT molecular complexity index is 408. The summed E-state index contributed by atoms with van der Waals surface area (Å²) in [4.78, 5) is 2.62. The Morgan fingerprint density at radius 1 is 1.25 bits per heavy atom. The van der Waals surface area contributed by atoms with E-state index in [2.05, 4.69) is 49.9 Å². The molecule has 1 aromatic carbocycles. The van der Waals surface area contributed by atoms with E-state index in [0.717, 1.165) is 12.3 Å². The molecule has 0 spiro atoms. The molecule has 2 nitrogen and oxygen atoms in total. The summed E-state index contributed by atoms with van der Waals surface area (Å²) >= 11 is 0. The lowest BCUT2D eigenvalue weighted by Gasteiger charge is -2.40. The van der Waals surface area contributed by atoms with E-state index in [0.29, 0.717) is 6.04 Å². The minimum Gasteiger partial charge on any atom is -0.326 e. The smallest absolute Gasteiger partial charge is 0.0499 e. The van der Waals surface area contributed by atoms with E-state index >= 15 is 0 Å². The van der Waals surface area contributed by atoms with Gasteiger partial charge in [0.1, 0.15) is 0 Å². The Kier molecular flexibility index (Phi) is 5.62. The molecule has 1 aromatic rings. The van der Waals surface area contributed by atoms with E-state index in [1.807, 2.05) is 0 Å². The van der Waals surface area contributed by atoms with Crippen LogP contribution in [0.2, 0.25) is 0 Å². The topological polar surface area (TPSA) is 29.3 Å². The van der Waals surface area contributed by atoms with E-state index in [9.17, 15) is 0 Å². The van der Waals surface area contributed by atoms with Crippen molar-refractivity contribution in [2.45, 2.75) is 58.5 Å². The summed E-state index contributed by atoms with van der Waals surface area (Å²) in [5.41, 5.74) is 9.19. The molecule has 2 unspecified atom stereocenters. The SMILES string of the molecule is CCC1CCN(C(c2cccc(C)c2)C(N)CC)CC1. The summed E-state index contributed by atoms with van der Waals surface area (Å²) in [6, 6.07) is 9.51. The Hall–Kier alpha value is -0.860. The average Bonchev–Trinajstić information content (AvgIpc) is 2.48. The van der Waals surface area contributed by atoms with Crippen molar-refractivity contribution in [1.82, 2.24) is 4.90 Å². The molecule has 2 rings (SSSR count). The van der Waals surface area contributed by atoms with Crippen LogP contribution in [0.1, 0.15) is 56.7 Å². The van der Waals surface area contributed by atoms with Crippen LogP contribution >= 0.6 is 0 Å². The monoisotopic (exact) mass is 274 g/mol. The molecule has 0 bridgehead atoms. The van der Waals surface area contributed by atoms with Crippen LogP contribution in [0.5, 0.6) is 0 Å². The number of aryl methyl sites for hydroxylation is 1. The van der Waals surface area contributed by atoms with Crippen molar-refractivity contribution in [2.75, 3.05) is 13.1 Å². The number of rotatable bonds is 5. The fourth-order valence-electron chi connectivity index (χ4n) is 3.45. The Morgan fingerprint density at radius 2 is 1.95 bits per heavy atom. The summed E-state index contributed by atoms with van der Waals surface area (Å²) < 4.78 is 0. The van der Waals surface area contributed by atoms with Gasteiger partial charge in [-0.25, -0.2) is 0 Å². The van der Waals surface area contributed by atoms with Crippen molar-refractivity contribution in [3.05, 3.63) is 35.4 Å². The number of likely N-dealkylation sites (tertiary alicyclic amines) is 1.